The second kappa shape index (κ2) is 8.97. The normalized spacial score (nSPS) is 13.9. The Balaban J connectivity index is 1.43. The summed E-state index contributed by atoms with van der Waals surface area (Å²) in [4.78, 5) is 23.6. The number of amides is 2. The molecule has 0 aliphatic carbocycles. The van der Waals surface area contributed by atoms with Gasteiger partial charge < -0.3 is 20.1 Å². The number of carbonyl (C=O) groups excluding carboxylic acids is 2. The van der Waals surface area contributed by atoms with E-state index >= 15 is 0 Å². The van der Waals surface area contributed by atoms with Gasteiger partial charge in [-0.25, -0.2) is 0 Å². The van der Waals surface area contributed by atoms with E-state index in [-0.39, 0.29) is 11.8 Å². The molecular formula is C21H23ClN2O4. The van der Waals surface area contributed by atoms with E-state index in [9.17, 15) is 9.59 Å². The summed E-state index contributed by atoms with van der Waals surface area (Å²) < 4.78 is 11.4. The molecule has 0 saturated carbocycles. The highest BCUT2D eigenvalue weighted by atomic mass is 35.5. The molecule has 1 unspecified atom stereocenters. The number of halogens is 1. The second-order valence-corrected chi connectivity index (χ2v) is 7.11. The van der Waals surface area contributed by atoms with E-state index in [1.54, 1.807) is 31.2 Å². The molecule has 0 fully saturated rings. The van der Waals surface area contributed by atoms with Crippen LogP contribution in [-0.4, -0.2) is 31.1 Å². The van der Waals surface area contributed by atoms with Crippen LogP contribution in [0.25, 0.3) is 0 Å². The third-order valence-corrected chi connectivity index (χ3v) is 4.69. The molecule has 6 nitrogen and oxygen atoms in total. The number of fused-ring (bicyclic) bond motifs is 1. The predicted octanol–water partition coefficient (Wildman–Crippen LogP) is 3.50. The highest BCUT2D eigenvalue weighted by Gasteiger charge is 2.16. The van der Waals surface area contributed by atoms with Gasteiger partial charge in [-0.05, 0) is 67.8 Å². The molecule has 1 heterocycles. The van der Waals surface area contributed by atoms with E-state index in [2.05, 4.69) is 10.6 Å². The van der Waals surface area contributed by atoms with Gasteiger partial charge in [-0.1, -0.05) is 11.6 Å². The van der Waals surface area contributed by atoms with Crippen LogP contribution in [0.15, 0.2) is 36.4 Å². The maximum atomic E-state index is 12.2. The van der Waals surface area contributed by atoms with Crippen molar-refractivity contribution in [2.75, 3.05) is 18.5 Å². The molecule has 0 saturated heterocycles. The van der Waals surface area contributed by atoms with Crippen molar-refractivity contribution in [3.63, 3.8) is 0 Å². The molecule has 0 bridgehead atoms. The Labute approximate surface area is 169 Å². The first kappa shape index (κ1) is 20.0. The summed E-state index contributed by atoms with van der Waals surface area (Å²) in [6.45, 7) is 4.27. The quantitative estimate of drug-likeness (QED) is 0.695. The van der Waals surface area contributed by atoms with Gasteiger partial charge in [0.15, 0.2) is 6.10 Å². The van der Waals surface area contributed by atoms with Gasteiger partial charge in [0.1, 0.15) is 18.1 Å². The maximum absolute atomic E-state index is 12.2. The van der Waals surface area contributed by atoms with Crippen LogP contribution in [0.2, 0.25) is 5.02 Å². The van der Waals surface area contributed by atoms with Crippen LogP contribution < -0.4 is 20.1 Å². The number of anilines is 1. The van der Waals surface area contributed by atoms with E-state index in [0.29, 0.717) is 42.5 Å². The molecule has 148 valence electrons. The van der Waals surface area contributed by atoms with E-state index in [0.717, 1.165) is 16.8 Å². The second-order valence-electron chi connectivity index (χ2n) is 6.68. The molecule has 7 heteroatoms. The zero-order valence-corrected chi connectivity index (χ0v) is 16.6. The molecule has 3 rings (SSSR count). The van der Waals surface area contributed by atoms with Crippen molar-refractivity contribution in [1.29, 1.82) is 0 Å². The summed E-state index contributed by atoms with van der Waals surface area (Å²) in [6.07, 6.45) is 0.554. The van der Waals surface area contributed by atoms with Crippen molar-refractivity contribution in [2.24, 2.45) is 0 Å². The topological polar surface area (TPSA) is 76.7 Å². The molecule has 0 radical (unpaired) electrons. The Kier molecular flexibility index (Phi) is 6.41. The van der Waals surface area contributed by atoms with Gasteiger partial charge in [0.25, 0.3) is 5.91 Å². The summed E-state index contributed by atoms with van der Waals surface area (Å²) in [5.74, 6) is 1.16. The van der Waals surface area contributed by atoms with Gasteiger partial charge in [0, 0.05) is 17.1 Å². The lowest BCUT2D eigenvalue weighted by Crippen LogP contribution is -2.38. The molecule has 2 aromatic rings. The number of hydrogen-bond acceptors (Lipinski definition) is 4. The molecule has 1 aliphatic heterocycles. The number of nitrogens with one attached hydrogen (secondary N) is 2. The van der Waals surface area contributed by atoms with Crippen LogP contribution in [-0.2, 0) is 16.0 Å². The van der Waals surface area contributed by atoms with Crippen LogP contribution in [0.4, 0.5) is 5.69 Å². The lowest BCUT2D eigenvalue weighted by molar-refractivity contribution is -0.127. The molecule has 0 aromatic heterocycles. The minimum absolute atomic E-state index is 0.0361. The summed E-state index contributed by atoms with van der Waals surface area (Å²) >= 11 is 5.93. The van der Waals surface area contributed by atoms with E-state index in [1.165, 1.54) is 0 Å². The summed E-state index contributed by atoms with van der Waals surface area (Å²) in [5.41, 5.74) is 2.76. The van der Waals surface area contributed by atoms with Crippen molar-refractivity contribution >= 4 is 29.1 Å². The van der Waals surface area contributed by atoms with Gasteiger partial charge in [-0.2, -0.15) is 0 Å². The number of ether oxygens (including phenoxy) is 2. The highest BCUT2D eigenvalue weighted by molar-refractivity contribution is 6.30. The minimum Gasteiger partial charge on any atom is -0.492 e. The monoisotopic (exact) mass is 402 g/mol. The molecular weight excluding hydrogens is 380 g/mol. The van der Waals surface area contributed by atoms with Crippen LogP contribution in [0, 0.1) is 6.92 Å². The van der Waals surface area contributed by atoms with E-state index in [1.807, 2.05) is 19.1 Å². The van der Waals surface area contributed by atoms with Crippen molar-refractivity contribution in [3.05, 3.63) is 52.5 Å². The maximum Gasteiger partial charge on any atom is 0.260 e. The molecule has 28 heavy (non-hydrogen) atoms. The van der Waals surface area contributed by atoms with Gasteiger partial charge in [-0.15, -0.1) is 0 Å². The van der Waals surface area contributed by atoms with Gasteiger partial charge in [0.05, 0.1) is 6.54 Å². The van der Waals surface area contributed by atoms with Crippen molar-refractivity contribution in [3.8, 4) is 11.5 Å². The standard InChI is InChI=1S/C21H23ClN2O4/c1-13-11-16(22)4-7-19(13)28-14(2)21(26)23-9-10-27-17-5-6-18-15(12-17)3-8-20(25)24-18/h4-7,11-12,14H,3,8-10H2,1-2H3,(H,23,26)(H,24,25). The third-order valence-electron chi connectivity index (χ3n) is 4.45. The van der Waals surface area contributed by atoms with E-state index in [4.69, 9.17) is 21.1 Å². The lowest BCUT2D eigenvalue weighted by atomic mass is 10.0. The Hall–Kier alpha value is -2.73. The van der Waals surface area contributed by atoms with Gasteiger partial charge >= 0.3 is 0 Å². The number of benzene rings is 2. The summed E-state index contributed by atoms with van der Waals surface area (Å²) in [7, 11) is 0. The molecule has 1 aliphatic rings. The average Bonchev–Trinajstić information content (AvgIpc) is 2.67. The number of rotatable bonds is 7. The Morgan fingerprint density at radius 3 is 2.86 bits per heavy atom. The average molecular weight is 403 g/mol. The zero-order chi connectivity index (χ0) is 20.1. The van der Waals surface area contributed by atoms with E-state index < -0.39 is 6.10 Å². The lowest BCUT2D eigenvalue weighted by Gasteiger charge is -2.18. The molecule has 2 aromatic carbocycles. The predicted molar refractivity (Wildman–Crippen MR) is 108 cm³/mol. The number of carbonyl (C=O) groups is 2. The fourth-order valence-corrected chi connectivity index (χ4v) is 3.15. The largest absolute Gasteiger partial charge is 0.492 e. The van der Waals surface area contributed by atoms with Crippen molar-refractivity contribution in [1.82, 2.24) is 5.32 Å². The smallest absolute Gasteiger partial charge is 0.260 e. The van der Waals surface area contributed by atoms with Crippen LogP contribution in [0.1, 0.15) is 24.5 Å². The fourth-order valence-electron chi connectivity index (χ4n) is 2.93. The highest BCUT2D eigenvalue weighted by Crippen LogP contribution is 2.26. The Morgan fingerprint density at radius 2 is 2.07 bits per heavy atom. The summed E-state index contributed by atoms with van der Waals surface area (Å²) in [5, 5.41) is 6.26. The molecule has 0 spiro atoms. The first-order valence-electron chi connectivity index (χ1n) is 9.18. The molecule has 2 amide bonds. The van der Waals surface area contributed by atoms with Gasteiger partial charge in [0.2, 0.25) is 5.91 Å². The minimum atomic E-state index is -0.632. The Morgan fingerprint density at radius 1 is 1.25 bits per heavy atom. The third kappa shape index (κ3) is 5.16. The van der Waals surface area contributed by atoms with Crippen LogP contribution in [0.3, 0.4) is 0 Å². The first-order valence-corrected chi connectivity index (χ1v) is 9.56. The molecule has 2 N–H and O–H groups in total. The number of aryl methyl sites for hydroxylation is 2. The van der Waals surface area contributed by atoms with Crippen molar-refractivity contribution < 1.29 is 19.1 Å². The zero-order valence-electron chi connectivity index (χ0n) is 15.9. The van der Waals surface area contributed by atoms with Gasteiger partial charge in [-0.3, -0.25) is 9.59 Å². The first-order chi connectivity index (χ1) is 13.4. The molecule has 1 atom stereocenters. The SMILES string of the molecule is Cc1cc(Cl)ccc1OC(C)C(=O)NCCOc1ccc2c(c1)CCC(=O)N2. The Bertz CT molecular complexity index is 885. The van der Waals surface area contributed by atoms with Crippen LogP contribution in [0.5, 0.6) is 11.5 Å². The van der Waals surface area contributed by atoms with Crippen LogP contribution >= 0.6 is 11.6 Å². The van der Waals surface area contributed by atoms with Crippen molar-refractivity contribution in [2.45, 2.75) is 32.8 Å². The fraction of sp³-hybridized carbons (Fsp3) is 0.333. The number of hydrogen-bond donors (Lipinski definition) is 2. The summed E-state index contributed by atoms with van der Waals surface area (Å²) in [6, 6.07) is 10.8.